The predicted molar refractivity (Wildman–Crippen MR) is 68.8 cm³/mol. The van der Waals surface area contributed by atoms with Crippen LogP contribution in [-0.4, -0.2) is 23.4 Å². The number of nitro benzene ring substituents is 1. The number of hydrogen-bond acceptors (Lipinski definition) is 4. The van der Waals surface area contributed by atoms with Crippen molar-refractivity contribution in [2.45, 2.75) is 26.3 Å². The van der Waals surface area contributed by atoms with Gasteiger partial charge in [-0.2, -0.15) is 0 Å². The van der Waals surface area contributed by atoms with Crippen molar-refractivity contribution in [3.63, 3.8) is 0 Å². The number of nitrogens with zero attached hydrogens (tertiary/aromatic N) is 2. The van der Waals surface area contributed by atoms with E-state index in [4.69, 9.17) is 5.73 Å². The van der Waals surface area contributed by atoms with Crippen molar-refractivity contribution < 1.29 is 4.92 Å². The van der Waals surface area contributed by atoms with Gasteiger partial charge >= 0.3 is 0 Å². The molecule has 0 saturated carbocycles. The summed E-state index contributed by atoms with van der Waals surface area (Å²) in [5, 5.41) is 10.6. The first-order valence-electron chi connectivity index (χ1n) is 5.76. The summed E-state index contributed by atoms with van der Waals surface area (Å²) in [6, 6.07) is 4.91. The molecule has 0 fully saturated rings. The van der Waals surface area contributed by atoms with E-state index in [0.29, 0.717) is 0 Å². The normalized spacial score (nSPS) is 10.8. The zero-order chi connectivity index (χ0) is 12.8. The van der Waals surface area contributed by atoms with E-state index in [0.717, 1.165) is 31.5 Å². The quantitative estimate of drug-likeness (QED) is 0.468. The van der Waals surface area contributed by atoms with Gasteiger partial charge in [-0.3, -0.25) is 10.1 Å². The lowest BCUT2D eigenvalue weighted by molar-refractivity contribution is -0.383. The van der Waals surface area contributed by atoms with E-state index in [1.807, 2.05) is 7.05 Å². The Bertz CT molecular complexity index is 393. The van der Waals surface area contributed by atoms with Gasteiger partial charge in [-0.1, -0.05) is 19.4 Å². The van der Waals surface area contributed by atoms with Crippen LogP contribution in [0.2, 0.25) is 0 Å². The summed E-state index contributed by atoms with van der Waals surface area (Å²) >= 11 is 0. The SMILES string of the molecule is CCCCN(C)Cc1ccc([N+](=O)[O-])c(N)c1. The molecule has 5 nitrogen and oxygen atoms in total. The molecule has 0 bridgehead atoms. The summed E-state index contributed by atoms with van der Waals surface area (Å²) in [4.78, 5) is 12.3. The molecular formula is C12H19N3O2. The Labute approximate surface area is 101 Å². The minimum atomic E-state index is -0.458. The maximum atomic E-state index is 10.6. The fourth-order valence-corrected chi connectivity index (χ4v) is 1.69. The standard InChI is InChI=1S/C12H19N3O2/c1-3-4-7-14(2)9-10-5-6-12(15(16)17)11(13)8-10/h5-6,8H,3-4,7,9,13H2,1-2H3. The highest BCUT2D eigenvalue weighted by Crippen LogP contribution is 2.22. The van der Waals surface area contributed by atoms with E-state index >= 15 is 0 Å². The van der Waals surface area contributed by atoms with Crippen LogP contribution in [0.1, 0.15) is 25.3 Å². The monoisotopic (exact) mass is 237 g/mol. The molecule has 94 valence electrons. The highest BCUT2D eigenvalue weighted by atomic mass is 16.6. The Balaban J connectivity index is 2.67. The molecule has 0 amide bonds. The van der Waals surface area contributed by atoms with Gasteiger partial charge in [0, 0.05) is 12.6 Å². The number of nitrogen functional groups attached to an aromatic ring is 1. The van der Waals surface area contributed by atoms with Crippen molar-refractivity contribution in [3.8, 4) is 0 Å². The molecule has 5 heteroatoms. The predicted octanol–water partition coefficient (Wildman–Crippen LogP) is 2.41. The fourth-order valence-electron chi connectivity index (χ4n) is 1.69. The number of nitro groups is 1. The molecule has 0 aliphatic heterocycles. The van der Waals surface area contributed by atoms with Gasteiger partial charge in [-0.25, -0.2) is 0 Å². The van der Waals surface area contributed by atoms with Gasteiger partial charge in [0.15, 0.2) is 0 Å². The van der Waals surface area contributed by atoms with E-state index in [1.54, 1.807) is 12.1 Å². The molecule has 2 N–H and O–H groups in total. The highest BCUT2D eigenvalue weighted by Gasteiger charge is 2.11. The lowest BCUT2D eigenvalue weighted by atomic mass is 10.1. The third-order valence-electron chi connectivity index (χ3n) is 2.63. The second-order valence-corrected chi connectivity index (χ2v) is 4.24. The van der Waals surface area contributed by atoms with Gasteiger partial charge < -0.3 is 10.6 Å². The zero-order valence-corrected chi connectivity index (χ0v) is 10.3. The Hall–Kier alpha value is -1.62. The lowest BCUT2D eigenvalue weighted by Crippen LogP contribution is -2.19. The topological polar surface area (TPSA) is 72.4 Å². The first kappa shape index (κ1) is 13.4. The summed E-state index contributed by atoms with van der Waals surface area (Å²) < 4.78 is 0. The third kappa shape index (κ3) is 4.03. The second kappa shape index (κ2) is 6.20. The first-order chi connectivity index (χ1) is 8.04. The van der Waals surface area contributed by atoms with Gasteiger partial charge in [0.1, 0.15) is 5.69 Å². The fraction of sp³-hybridized carbons (Fsp3) is 0.500. The summed E-state index contributed by atoms with van der Waals surface area (Å²) in [5.41, 5.74) is 6.85. The molecule has 0 aromatic heterocycles. The second-order valence-electron chi connectivity index (χ2n) is 4.24. The lowest BCUT2D eigenvalue weighted by Gasteiger charge is -2.16. The van der Waals surface area contributed by atoms with Crippen molar-refractivity contribution in [1.29, 1.82) is 0 Å². The molecule has 0 atom stereocenters. The van der Waals surface area contributed by atoms with Crippen LogP contribution in [0.25, 0.3) is 0 Å². The van der Waals surface area contributed by atoms with Crippen molar-refractivity contribution >= 4 is 11.4 Å². The van der Waals surface area contributed by atoms with Crippen LogP contribution >= 0.6 is 0 Å². The average Bonchev–Trinajstić information content (AvgIpc) is 2.26. The van der Waals surface area contributed by atoms with Crippen LogP contribution in [-0.2, 0) is 6.54 Å². The van der Waals surface area contributed by atoms with Crippen LogP contribution in [0.4, 0.5) is 11.4 Å². The van der Waals surface area contributed by atoms with Gasteiger partial charge in [-0.05, 0) is 31.6 Å². The molecule has 1 aromatic rings. The summed E-state index contributed by atoms with van der Waals surface area (Å²) in [6.45, 7) is 3.94. The smallest absolute Gasteiger partial charge is 0.292 e. The first-order valence-corrected chi connectivity index (χ1v) is 5.76. The summed E-state index contributed by atoms with van der Waals surface area (Å²) in [7, 11) is 2.03. The number of hydrogen-bond donors (Lipinski definition) is 1. The van der Waals surface area contributed by atoms with E-state index in [1.165, 1.54) is 6.07 Å². The molecule has 0 aliphatic rings. The number of rotatable bonds is 6. The van der Waals surface area contributed by atoms with Crippen LogP contribution in [0.3, 0.4) is 0 Å². The van der Waals surface area contributed by atoms with Crippen molar-refractivity contribution in [3.05, 3.63) is 33.9 Å². The van der Waals surface area contributed by atoms with E-state index in [-0.39, 0.29) is 11.4 Å². The molecule has 1 rings (SSSR count). The Morgan fingerprint density at radius 2 is 2.18 bits per heavy atom. The Kier molecular flexibility index (Phi) is 4.90. The largest absolute Gasteiger partial charge is 0.393 e. The molecule has 0 saturated heterocycles. The van der Waals surface area contributed by atoms with Crippen LogP contribution in [0, 0.1) is 10.1 Å². The number of benzene rings is 1. The minimum Gasteiger partial charge on any atom is -0.393 e. The van der Waals surface area contributed by atoms with Crippen LogP contribution in [0.5, 0.6) is 0 Å². The highest BCUT2D eigenvalue weighted by molar-refractivity contribution is 5.59. The average molecular weight is 237 g/mol. The maximum Gasteiger partial charge on any atom is 0.292 e. The molecule has 0 spiro atoms. The van der Waals surface area contributed by atoms with Crippen LogP contribution in [0.15, 0.2) is 18.2 Å². The Morgan fingerprint density at radius 1 is 1.47 bits per heavy atom. The molecule has 0 heterocycles. The van der Waals surface area contributed by atoms with E-state index in [9.17, 15) is 10.1 Å². The van der Waals surface area contributed by atoms with Crippen molar-refractivity contribution in [2.24, 2.45) is 0 Å². The number of anilines is 1. The Morgan fingerprint density at radius 3 is 2.71 bits per heavy atom. The molecule has 0 aliphatic carbocycles. The summed E-state index contributed by atoms with van der Waals surface area (Å²) in [6.07, 6.45) is 2.31. The number of nitrogens with two attached hydrogens (primary N) is 1. The van der Waals surface area contributed by atoms with Gasteiger partial charge in [0.05, 0.1) is 4.92 Å². The molecule has 17 heavy (non-hydrogen) atoms. The number of unbranched alkanes of at least 4 members (excludes halogenated alkanes) is 1. The maximum absolute atomic E-state index is 10.6. The van der Waals surface area contributed by atoms with Gasteiger partial charge in [0.25, 0.3) is 5.69 Å². The van der Waals surface area contributed by atoms with Crippen molar-refractivity contribution in [2.75, 3.05) is 19.3 Å². The molecule has 0 unspecified atom stereocenters. The third-order valence-corrected chi connectivity index (χ3v) is 2.63. The molecule has 1 aromatic carbocycles. The van der Waals surface area contributed by atoms with E-state index in [2.05, 4.69) is 11.8 Å². The van der Waals surface area contributed by atoms with Crippen LogP contribution < -0.4 is 5.73 Å². The zero-order valence-electron chi connectivity index (χ0n) is 10.3. The molecule has 0 radical (unpaired) electrons. The van der Waals surface area contributed by atoms with Gasteiger partial charge in [-0.15, -0.1) is 0 Å². The summed E-state index contributed by atoms with van der Waals surface area (Å²) in [5.74, 6) is 0. The van der Waals surface area contributed by atoms with E-state index < -0.39 is 4.92 Å². The van der Waals surface area contributed by atoms with Crippen molar-refractivity contribution in [1.82, 2.24) is 4.90 Å². The van der Waals surface area contributed by atoms with Gasteiger partial charge in [0.2, 0.25) is 0 Å². The minimum absolute atomic E-state index is 0.0232. The molecular weight excluding hydrogens is 218 g/mol.